The molecule has 60 valence electrons. The van der Waals surface area contributed by atoms with Crippen molar-refractivity contribution in [3.63, 3.8) is 0 Å². The summed E-state index contributed by atoms with van der Waals surface area (Å²) in [4.78, 5) is 2.71. The van der Waals surface area contributed by atoms with Crippen LogP contribution in [-0.2, 0) is 0 Å². The van der Waals surface area contributed by atoms with Crippen LogP contribution in [0.4, 0.5) is 0 Å². The van der Waals surface area contributed by atoms with Gasteiger partial charge < -0.3 is 0 Å². The van der Waals surface area contributed by atoms with Crippen LogP contribution < -0.4 is 0 Å². The zero-order chi connectivity index (χ0) is 7.42. The molecule has 0 N–H and O–H groups in total. The van der Waals surface area contributed by atoms with Crippen molar-refractivity contribution < 1.29 is 0 Å². The molecule has 1 aliphatic carbocycles. The van der Waals surface area contributed by atoms with Gasteiger partial charge in [0.15, 0.2) is 0 Å². The van der Waals surface area contributed by atoms with Gasteiger partial charge in [-0.3, -0.25) is 4.90 Å². The molecule has 2 fully saturated rings. The molecule has 3 atom stereocenters. The summed E-state index contributed by atoms with van der Waals surface area (Å²) in [6, 6.07) is 1.77. The Bertz CT molecular complexity index is 219. The van der Waals surface area contributed by atoms with E-state index in [2.05, 4.69) is 17.9 Å². The smallest absolute Gasteiger partial charge is 0.0383 e. The first-order valence-corrected chi connectivity index (χ1v) is 4.89. The third-order valence-electron chi connectivity index (χ3n) is 3.57. The fourth-order valence-corrected chi connectivity index (χ4v) is 2.99. The Morgan fingerprint density at radius 2 is 2.55 bits per heavy atom. The van der Waals surface area contributed by atoms with Gasteiger partial charge in [-0.15, -0.1) is 0 Å². The van der Waals surface area contributed by atoms with Gasteiger partial charge in [-0.25, -0.2) is 0 Å². The highest BCUT2D eigenvalue weighted by molar-refractivity contribution is 5.42. The molecule has 2 aliphatic heterocycles. The molecular weight excluding hydrogens is 134 g/mol. The summed E-state index contributed by atoms with van der Waals surface area (Å²) in [5.41, 5.74) is 1.78. The van der Waals surface area contributed by atoms with Crippen LogP contribution in [0.1, 0.15) is 26.2 Å². The predicted molar refractivity (Wildman–Crippen MR) is 45.4 cm³/mol. The molecule has 0 bridgehead atoms. The summed E-state index contributed by atoms with van der Waals surface area (Å²) >= 11 is 0. The van der Waals surface area contributed by atoms with Gasteiger partial charge in [-0.1, -0.05) is 13.0 Å². The van der Waals surface area contributed by atoms with Crippen LogP contribution in [0, 0.1) is 5.92 Å². The van der Waals surface area contributed by atoms with E-state index in [1.165, 1.54) is 25.8 Å². The summed E-state index contributed by atoms with van der Waals surface area (Å²) in [6.07, 6.45) is 6.77. The highest BCUT2D eigenvalue weighted by Crippen LogP contribution is 2.52. The largest absolute Gasteiger partial charge is 0.290 e. The Labute approximate surface area is 68.1 Å². The lowest BCUT2D eigenvalue weighted by molar-refractivity contribution is 0.279. The molecule has 3 unspecified atom stereocenters. The molecule has 1 nitrogen and oxygen atoms in total. The van der Waals surface area contributed by atoms with Crippen molar-refractivity contribution in [1.29, 1.82) is 0 Å². The van der Waals surface area contributed by atoms with Crippen molar-refractivity contribution in [2.24, 2.45) is 5.92 Å². The van der Waals surface area contributed by atoms with Gasteiger partial charge in [0.25, 0.3) is 0 Å². The van der Waals surface area contributed by atoms with E-state index < -0.39 is 0 Å². The quantitative estimate of drug-likeness (QED) is 0.514. The van der Waals surface area contributed by atoms with E-state index in [-0.39, 0.29) is 0 Å². The van der Waals surface area contributed by atoms with Crippen molar-refractivity contribution in [3.8, 4) is 0 Å². The third kappa shape index (κ3) is 0.652. The molecule has 3 aliphatic rings. The van der Waals surface area contributed by atoms with Crippen LogP contribution >= 0.6 is 0 Å². The maximum absolute atomic E-state index is 2.71. The topological polar surface area (TPSA) is 3.24 Å². The molecule has 0 aromatic rings. The van der Waals surface area contributed by atoms with E-state index in [9.17, 15) is 0 Å². The zero-order valence-electron chi connectivity index (χ0n) is 7.09. The first-order valence-electron chi connectivity index (χ1n) is 4.89. The van der Waals surface area contributed by atoms with Crippen molar-refractivity contribution in [2.45, 2.75) is 38.3 Å². The molecule has 0 radical (unpaired) electrons. The minimum Gasteiger partial charge on any atom is -0.290 e. The SMILES string of the molecule is CCC1C2=CC3CCCN3C21. The Balaban J connectivity index is 1.86. The number of rotatable bonds is 1. The van der Waals surface area contributed by atoms with E-state index in [1.54, 1.807) is 5.57 Å². The normalized spacial score (nSPS) is 47.0. The predicted octanol–water partition coefficient (Wildman–Crippen LogP) is 1.80. The van der Waals surface area contributed by atoms with Crippen LogP contribution in [0.2, 0.25) is 0 Å². The molecule has 11 heavy (non-hydrogen) atoms. The molecule has 0 amide bonds. The van der Waals surface area contributed by atoms with Crippen molar-refractivity contribution >= 4 is 0 Å². The lowest BCUT2D eigenvalue weighted by Gasteiger charge is -2.18. The van der Waals surface area contributed by atoms with Gasteiger partial charge in [0, 0.05) is 18.0 Å². The molecule has 1 saturated carbocycles. The monoisotopic (exact) mass is 149 g/mol. The lowest BCUT2D eigenvalue weighted by Crippen LogP contribution is -2.28. The second-order valence-corrected chi connectivity index (χ2v) is 4.07. The zero-order valence-corrected chi connectivity index (χ0v) is 7.09. The van der Waals surface area contributed by atoms with E-state index in [1.807, 2.05) is 0 Å². The minimum absolute atomic E-state index is 0.859. The molecule has 3 rings (SSSR count). The fraction of sp³-hybridized carbons (Fsp3) is 0.800. The maximum Gasteiger partial charge on any atom is 0.0383 e. The van der Waals surface area contributed by atoms with Crippen molar-refractivity contribution in [2.75, 3.05) is 6.54 Å². The Kier molecular flexibility index (Phi) is 1.07. The lowest BCUT2D eigenvalue weighted by atomic mass is 10.2. The summed E-state index contributed by atoms with van der Waals surface area (Å²) in [5.74, 6) is 0.962. The minimum atomic E-state index is 0.859. The summed E-state index contributed by atoms with van der Waals surface area (Å²) < 4.78 is 0. The van der Waals surface area contributed by atoms with Crippen LogP contribution in [0.5, 0.6) is 0 Å². The van der Waals surface area contributed by atoms with Gasteiger partial charge >= 0.3 is 0 Å². The van der Waals surface area contributed by atoms with E-state index in [0.29, 0.717) is 0 Å². The maximum atomic E-state index is 2.71. The molecule has 0 aromatic heterocycles. The van der Waals surface area contributed by atoms with Gasteiger partial charge in [0.1, 0.15) is 0 Å². The summed E-state index contributed by atoms with van der Waals surface area (Å²) in [7, 11) is 0. The van der Waals surface area contributed by atoms with Gasteiger partial charge in [0.05, 0.1) is 0 Å². The highest BCUT2D eigenvalue weighted by Gasteiger charge is 2.53. The van der Waals surface area contributed by atoms with Gasteiger partial charge in [-0.2, -0.15) is 0 Å². The molecule has 1 heteroatoms. The second kappa shape index (κ2) is 1.89. The first kappa shape index (κ1) is 6.24. The number of nitrogens with zero attached hydrogens (tertiary/aromatic N) is 1. The van der Waals surface area contributed by atoms with Crippen LogP contribution in [-0.4, -0.2) is 23.5 Å². The molecule has 0 spiro atoms. The highest BCUT2D eigenvalue weighted by atomic mass is 15.3. The van der Waals surface area contributed by atoms with E-state index in [4.69, 9.17) is 0 Å². The molecule has 2 heterocycles. The third-order valence-corrected chi connectivity index (χ3v) is 3.57. The standard InChI is InChI=1S/C10H15N/c1-2-8-9-6-7-4-3-5-11(7)10(8)9/h6-8,10H,2-5H2,1H3. The first-order chi connectivity index (χ1) is 5.42. The summed E-state index contributed by atoms with van der Waals surface area (Å²) in [6.45, 7) is 3.68. The summed E-state index contributed by atoms with van der Waals surface area (Å²) in [5, 5.41) is 0. The van der Waals surface area contributed by atoms with Crippen molar-refractivity contribution in [3.05, 3.63) is 11.6 Å². The van der Waals surface area contributed by atoms with E-state index in [0.717, 1.165) is 18.0 Å². The molecular formula is C10H15N. The van der Waals surface area contributed by atoms with Crippen LogP contribution in [0.15, 0.2) is 11.6 Å². The number of fused-ring (bicyclic) bond motifs is 3. The van der Waals surface area contributed by atoms with Gasteiger partial charge in [-0.05, 0) is 31.4 Å². The fourth-order valence-electron chi connectivity index (χ4n) is 2.99. The molecule has 1 saturated heterocycles. The van der Waals surface area contributed by atoms with E-state index >= 15 is 0 Å². The van der Waals surface area contributed by atoms with Gasteiger partial charge in [0.2, 0.25) is 0 Å². The van der Waals surface area contributed by atoms with Crippen LogP contribution in [0.25, 0.3) is 0 Å². The number of hydrogen-bond donors (Lipinski definition) is 0. The average Bonchev–Trinajstić information content (AvgIpc) is 2.45. The van der Waals surface area contributed by atoms with Crippen LogP contribution in [0.3, 0.4) is 0 Å². The van der Waals surface area contributed by atoms with Crippen molar-refractivity contribution in [1.82, 2.24) is 4.90 Å². The Morgan fingerprint density at radius 3 is 3.36 bits per heavy atom. The average molecular weight is 149 g/mol. The number of hydrogen-bond acceptors (Lipinski definition) is 1. The second-order valence-electron chi connectivity index (χ2n) is 4.07. The Hall–Kier alpha value is -0.300. The Morgan fingerprint density at radius 1 is 1.64 bits per heavy atom. The molecule has 0 aromatic carbocycles.